The number of aliphatic hydroxyl groups is 1. The van der Waals surface area contributed by atoms with Gasteiger partial charge in [0.15, 0.2) is 5.76 Å². The Morgan fingerprint density at radius 1 is 1.25 bits per heavy atom. The van der Waals surface area contributed by atoms with Gasteiger partial charge in [-0.05, 0) is 36.8 Å². The molecule has 2 aliphatic rings. The molecule has 0 saturated carbocycles. The van der Waals surface area contributed by atoms with Gasteiger partial charge in [0.2, 0.25) is 18.5 Å². The number of ether oxygens (including phenoxy) is 4. The molecule has 0 radical (unpaired) electrons. The van der Waals surface area contributed by atoms with Gasteiger partial charge in [0, 0.05) is 6.92 Å². The maximum atomic E-state index is 11.7. The molecule has 0 aliphatic carbocycles. The van der Waals surface area contributed by atoms with E-state index in [2.05, 4.69) is 5.32 Å². The SMILES string of the molecule is CC(=O)N[C@@H]1[C@H](Oc2cccc(C)c2)O[C@@H]2CO[C@H](c3ccco3)O[C@H]2[C@H]1O. The van der Waals surface area contributed by atoms with Gasteiger partial charge in [-0.1, -0.05) is 12.1 Å². The number of hydrogen-bond donors (Lipinski definition) is 2. The number of aliphatic hydroxyl groups excluding tert-OH is 1. The molecule has 1 aromatic heterocycles. The lowest BCUT2D eigenvalue weighted by Gasteiger charge is -2.47. The molecule has 2 saturated heterocycles. The normalized spacial score (nSPS) is 32.4. The largest absolute Gasteiger partial charge is 0.464 e. The number of benzene rings is 1. The van der Waals surface area contributed by atoms with Crippen molar-refractivity contribution in [2.45, 2.75) is 50.8 Å². The molecule has 2 aliphatic heterocycles. The third-order valence-corrected chi connectivity index (χ3v) is 4.75. The van der Waals surface area contributed by atoms with Gasteiger partial charge in [-0.3, -0.25) is 4.79 Å². The topological polar surface area (TPSA) is 99.4 Å². The van der Waals surface area contributed by atoms with Crippen LogP contribution in [0, 0.1) is 6.92 Å². The summed E-state index contributed by atoms with van der Waals surface area (Å²) in [6, 6.07) is 10.1. The molecule has 3 heterocycles. The van der Waals surface area contributed by atoms with Crippen molar-refractivity contribution in [3.05, 3.63) is 54.0 Å². The summed E-state index contributed by atoms with van der Waals surface area (Å²) in [6.45, 7) is 3.51. The van der Waals surface area contributed by atoms with Crippen molar-refractivity contribution in [3.63, 3.8) is 0 Å². The van der Waals surface area contributed by atoms with Crippen molar-refractivity contribution < 1.29 is 33.3 Å². The van der Waals surface area contributed by atoms with Gasteiger partial charge in [-0.2, -0.15) is 0 Å². The van der Waals surface area contributed by atoms with Crippen LogP contribution in [-0.4, -0.2) is 48.3 Å². The second-order valence-electron chi connectivity index (χ2n) is 6.98. The van der Waals surface area contributed by atoms with Crippen LogP contribution < -0.4 is 10.1 Å². The summed E-state index contributed by atoms with van der Waals surface area (Å²) in [5.74, 6) is 0.774. The Labute approximate surface area is 162 Å². The summed E-state index contributed by atoms with van der Waals surface area (Å²) >= 11 is 0. The van der Waals surface area contributed by atoms with Gasteiger partial charge in [-0.25, -0.2) is 0 Å². The molecular formula is C20H23NO7. The van der Waals surface area contributed by atoms with E-state index in [1.54, 1.807) is 18.2 Å². The third-order valence-electron chi connectivity index (χ3n) is 4.75. The van der Waals surface area contributed by atoms with E-state index >= 15 is 0 Å². The Hall–Kier alpha value is -2.39. The van der Waals surface area contributed by atoms with Crippen LogP contribution in [0.1, 0.15) is 24.5 Å². The zero-order valence-corrected chi connectivity index (χ0v) is 15.6. The van der Waals surface area contributed by atoms with Crippen molar-refractivity contribution in [2.75, 3.05) is 6.61 Å². The highest BCUT2D eigenvalue weighted by atomic mass is 16.8. The molecule has 6 atom stereocenters. The zero-order valence-electron chi connectivity index (χ0n) is 15.6. The molecule has 1 amide bonds. The Bertz CT molecular complexity index is 809. The van der Waals surface area contributed by atoms with E-state index in [-0.39, 0.29) is 12.5 Å². The number of fused-ring (bicyclic) bond motifs is 1. The van der Waals surface area contributed by atoms with Gasteiger partial charge in [0.25, 0.3) is 0 Å². The summed E-state index contributed by atoms with van der Waals surface area (Å²) < 4.78 is 28.8. The smallest absolute Gasteiger partial charge is 0.223 e. The number of carbonyl (C=O) groups excluding carboxylic acids is 1. The number of amides is 1. The first-order chi connectivity index (χ1) is 13.5. The maximum Gasteiger partial charge on any atom is 0.223 e. The molecule has 0 bridgehead atoms. The second kappa shape index (κ2) is 7.92. The molecule has 4 rings (SSSR count). The van der Waals surface area contributed by atoms with Gasteiger partial charge in [-0.15, -0.1) is 0 Å². The molecule has 150 valence electrons. The highest BCUT2D eigenvalue weighted by Gasteiger charge is 2.51. The fourth-order valence-corrected chi connectivity index (χ4v) is 3.47. The summed E-state index contributed by atoms with van der Waals surface area (Å²) in [6.07, 6.45) is -2.44. The highest BCUT2D eigenvalue weighted by Crippen LogP contribution is 2.35. The van der Waals surface area contributed by atoms with E-state index < -0.39 is 36.9 Å². The monoisotopic (exact) mass is 389 g/mol. The summed E-state index contributed by atoms with van der Waals surface area (Å²) in [5.41, 5.74) is 1.02. The molecular weight excluding hydrogens is 366 g/mol. The third kappa shape index (κ3) is 3.90. The fraction of sp³-hybridized carbons (Fsp3) is 0.450. The summed E-state index contributed by atoms with van der Waals surface area (Å²) in [5, 5.41) is 13.7. The maximum absolute atomic E-state index is 11.7. The fourth-order valence-electron chi connectivity index (χ4n) is 3.47. The minimum atomic E-state index is -1.06. The van der Waals surface area contributed by atoms with Crippen LogP contribution in [0.3, 0.4) is 0 Å². The molecule has 8 heteroatoms. The van der Waals surface area contributed by atoms with Crippen LogP contribution in [0.2, 0.25) is 0 Å². The molecule has 28 heavy (non-hydrogen) atoms. The molecule has 1 aromatic carbocycles. The van der Waals surface area contributed by atoms with Gasteiger partial charge >= 0.3 is 0 Å². The van der Waals surface area contributed by atoms with Gasteiger partial charge < -0.3 is 33.8 Å². The predicted octanol–water partition coefficient (Wildman–Crippen LogP) is 1.67. The van der Waals surface area contributed by atoms with Crippen molar-refractivity contribution in [1.29, 1.82) is 0 Å². The first-order valence-corrected chi connectivity index (χ1v) is 9.15. The average molecular weight is 389 g/mol. The van der Waals surface area contributed by atoms with E-state index in [0.29, 0.717) is 11.5 Å². The molecule has 0 spiro atoms. The summed E-state index contributed by atoms with van der Waals surface area (Å²) in [7, 11) is 0. The van der Waals surface area contributed by atoms with Gasteiger partial charge in [0.1, 0.15) is 30.1 Å². The average Bonchev–Trinajstić information content (AvgIpc) is 3.19. The lowest BCUT2D eigenvalue weighted by atomic mass is 9.96. The van der Waals surface area contributed by atoms with Crippen molar-refractivity contribution in [2.24, 2.45) is 0 Å². The lowest BCUT2D eigenvalue weighted by Crippen LogP contribution is -2.67. The first kappa shape index (κ1) is 18.9. The molecule has 2 N–H and O–H groups in total. The van der Waals surface area contributed by atoms with Crippen LogP contribution in [0.25, 0.3) is 0 Å². The number of hydrogen-bond acceptors (Lipinski definition) is 7. The standard InChI is InChI=1S/C20H23NO7/c1-11-5-3-6-13(9-11)26-20-16(21-12(2)22)17(23)18-15(27-20)10-25-19(28-18)14-7-4-8-24-14/h3-9,15-20,23H,10H2,1-2H3,(H,21,22)/t15-,16+,17+,18-,19+,20-/m1/s1. The number of carbonyl (C=O) groups is 1. The number of aryl methyl sites for hydroxylation is 1. The predicted molar refractivity (Wildman–Crippen MR) is 96.4 cm³/mol. The van der Waals surface area contributed by atoms with E-state index in [1.165, 1.54) is 13.2 Å². The Morgan fingerprint density at radius 2 is 2.11 bits per heavy atom. The Kier molecular flexibility index (Phi) is 5.36. The molecule has 2 aromatic rings. The Balaban J connectivity index is 1.54. The van der Waals surface area contributed by atoms with Crippen LogP contribution in [0.15, 0.2) is 47.1 Å². The lowest BCUT2D eigenvalue weighted by molar-refractivity contribution is -0.336. The number of rotatable bonds is 4. The summed E-state index contributed by atoms with van der Waals surface area (Å²) in [4.78, 5) is 11.7. The van der Waals surface area contributed by atoms with Crippen molar-refractivity contribution in [3.8, 4) is 5.75 Å². The minimum Gasteiger partial charge on any atom is -0.464 e. The highest BCUT2D eigenvalue weighted by molar-refractivity contribution is 5.73. The zero-order chi connectivity index (χ0) is 19.7. The van der Waals surface area contributed by atoms with E-state index in [4.69, 9.17) is 23.4 Å². The quantitative estimate of drug-likeness (QED) is 0.821. The van der Waals surface area contributed by atoms with Crippen LogP contribution in [-0.2, 0) is 19.0 Å². The number of furan rings is 1. The van der Waals surface area contributed by atoms with E-state index in [9.17, 15) is 9.90 Å². The van der Waals surface area contributed by atoms with Crippen LogP contribution in [0.4, 0.5) is 0 Å². The number of nitrogens with one attached hydrogen (secondary N) is 1. The first-order valence-electron chi connectivity index (χ1n) is 9.15. The van der Waals surface area contributed by atoms with E-state index in [1.807, 2.05) is 25.1 Å². The Morgan fingerprint density at radius 3 is 2.82 bits per heavy atom. The molecule has 2 fully saturated rings. The van der Waals surface area contributed by atoms with E-state index in [0.717, 1.165) is 5.56 Å². The van der Waals surface area contributed by atoms with Crippen molar-refractivity contribution in [1.82, 2.24) is 5.32 Å². The van der Waals surface area contributed by atoms with Crippen molar-refractivity contribution >= 4 is 5.91 Å². The molecule has 8 nitrogen and oxygen atoms in total. The molecule has 0 unspecified atom stereocenters. The van der Waals surface area contributed by atoms with Gasteiger partial charge in [0.05, 0.1) is 12.9 Å². The second-order valence-corrected chi connectivity index (χ2v) is 6.98. The van der Waals surface area contributed by atoms with Crippen LogP contribution in [0.5, 0.6) is 5.75 Å². The minimum absolute atomic E-state index is 0.188. The van der Waals surface area contributed by atoms with Crippen LogP contribution >= 0.6 is 0 Å².